The van der Waals surface area contributed by atoms with Gasteiger partial charge in [-0.15, -0.1) is 0 Å². The zero-order chi connectivity index (χ0) is 21.0. The molecule has 0 atom stereocenters. The Hall–Kier alpha value is -2.42. The van der Waals surface area contributed by atoms with Crippen molar-refractivity contribution in [1.29, 1.82) is 0 Å². The van der Waals surface area contributed by atoms with E-state index in [1.807, 2.05) is 32.0 Å². The van der Waals surface area contributed by atoms with Gasteiger partial charge in [0.2, 0.25) is 5.91 Å². The first-order valence-corrected chi connectivity index (χ1v) is 10.9. The molecule has 0 radical (unpaired) electrons. The van der Waals surface area contributed by atoms with Crippen molar-refractivity contribution in [3.8, 4) is 5.75 Å². The lowest BCUT2D eigenvalue weighted by Gasteiger charge is -2.34. The Labute approximate surface area is 172 Å². The molecule has 1 aliphatic heterocycles. The number of aryl methyl sites for hydroxylation is 2. The van der Waals surface area contributed by atoms with Gasteiger partial charge < -0.3 is 10.1 Å². The highest BCUT2D eigenvalue weighted by Crippen LogP contribution is 2.24. The maximum absolute atomic E-state index is 13.1. The maximum Gasteiger partial charge on any atom is 0.282 e. The van der Waals surface area contributed by atoms with Crippen molar-refractivity contribution in [3.05, 3.63) is 59.2 Å². The van der Waals surface area contributed by atoms with E-state index in [9.17, 15) is 13.2 Å². The number of nitrogens with zero attached hydrogens (tertiary/aromatic N) is 2. The van der Waals surface area contributed by atoms with Crippen molar-refractivity contribution in [2.24, 2.45) is 0 Å². The molecular formula is C21H27N3O4S. The topological polar surface area (TPSA) is 79.0 Å². The zero-order valence-electron chi connectivity index (χ0n) is 17.0. The second-order valence-electron chi connectivity index (χ2n) is 7.21. The molecule has 156 valence electrons. The van der Waals surface area contributed by atoms with Crippen LogP contribution >= 0.6 is 0 Å². The normalized spacial score (nSPS) is 17.1. The molecule has 1 heterocycles. The Kier molecular flexibility index (Phi) is 6.56. The minimum absolute atomic E-state index is 0.232. The van der Waals surface area contributed by atoms with Crippen LogP contribution in [-0.4, -0.2) is 49.7 Å². The van der Waals surface area contributed by atoms with Crippen LogP contribution in [0.4, 0.5) is 5.69 Å². The van der Waals surface area contributed by atoms with Gasteiger partial charge >= 0.3 is 0 Å². The van der Waals surface area contributed by atoms with Gasteiger partial charge in [-0.05, 0) is 43.5 Å². The van der Waals surface area contributed by atoms with Gasteiger partial charge in [0.1, 0.15) is 5.75 Å². The lowest BCUT2D eigenvalue weighted by Crippen LogP contribution is -2.51. The van der Waals surface area contributed by atoms with Gasteiger partial charge in [0.05, 0.1) is 19.3 Å². The number of carbonyl (C=O) groups excluding carboxylic acids is 1. The highest BCUT2D eigenvalue weighted by Gasteiger charge is 2.35. The summed E-state index contributed by atoms with van der Waals surface area (Å²) in [6.07, 6.45) is 0.673. The van der Waals surface area contributed by atoms with Crippen molar-refractivity contribution in [2.75, 3.05) is 32.1 Å². The molecule has 7 nitrogen and oxygen atoms in total. The standard InChI is InChI=1S/C21H27N3O4S/c1-16-9-10-17(2)18(13-16)14-23-11-6-12-24(29(23,26)27)15-21(25)22-19-7-4-5-8-20(19)28-3/h4-5,7-10,13H,6,11-12,14-15H2,1-3H3,(H,22,25). The molecule has 0 unspecified atom stereocenters. The van der Waals surface area contributed by atoms with Crippen LogP contribution in [0.15, 0.2) is 42.5 Å². The summed E-state index contributed by atoms with van der Waals surface area (Å²) >= 11 is 0. The third kappa shape index (κ3) is 4.95. The molecule has 2 aromatic rings. The summed E-state index contributed by atoms with van der Waals surface area (Å²) in [5.41, 5.74) is 3.64. The van der Waals surface area contributed by atoms with Crippen LogP contribution in [-0.2, 0) is 21.5 Å². The molecule has 1 aliphatic rings. The number of ether oxygens (including phenoxy) is 1. The first-order chi connectivity index (χ1) is 13.8. The van der Waals surface area contributed by atoms with Crippen LogP contribution in [0.3, 0.4) is 0 Å². The zero-order valence-corrected chi connectivity index (χ0v) is 17.8. The molecule has 0 spiro atoms. The highest BCUT2D eigenvalue weighted by molar-refractivity contribution is 7.86. The van der Waals surface area contributed by atoms with Crippen molar-refractivity contribution >= 4 is 21.8 Å². The fourth-order valence-corrected chi connectivity index (χ4v) is 5.03. The number of hydrogen-bond acceptors (Lipinski definition) is 4. The number of carbonyl (C=O) groups is 1. The number of anilines is 1. The summed E-state index contributed by atoms with van der Waals surface area (Å²) < 4.78 is 34.1. The summed E-state index contributed by atoms with van der Waals surface area (Å²) in [6.45, 7) is 4.81. The van der Waals surface area contributed by atoms with Gasteiger partial charge in [0.25, 0.3) is 10.2 Å². The number of nitrogens with one attached hydrogen (secondary N) is 1. The Balaban J connectivity index is 1.71. The Morgan fingerprint density at radius 2 is 1.83 bits per heavy atom. The van der Waals surface area contributed by atoms with Crippen LogP contribution in [0.25, 0.3) is 0 Å². The van der Waals surface area contributed by atoms with E-state index in [0.717, 1.165) is 16.7 Å². The van der Waals surface area contributed by atoms with Crippen molar-refractivity contribution in [2.45, 2.75) is 26.8 Å². The number of methoxy groups -OCH3 is 1. The van der Waals surface area contributed by atoms with Crippen LogP contribution in [0, 0.1) is 13.8 Å². The fourth-order valence-electron chi connectivity index (χ4n) is 3.40. The quantitative estimate of drug-likeness (QED) is 0.784. The van der Waals surface area contributed by atoms with Crippen molar-refractivity contribution < 1.29 is 17.9 Å². The molecule has 0 bridgehead atoms. The largest absolute Gasteiger partial charge is 0.495 e. The summed E-state index contributed by atoms with van der Waals surface area (Å²) in [5.74, 6) is 0.130. The predicted octanol–water partition coefficient (Wildman–Crippen LogP) is 2.70. The first-order valence-electron chi connectivity index (χ1n) is 9.55. The van der Waals surface area contributed by atoms with Crippen LogP contribution in [0.5, 0.6) is 5.75 Å². The van der Waals surface area contributed by atoms with Gasteiger partial charge in [-0.1, -0.05) is 35.9 Å². The summed E-state index contributed by atoms with van der Waals surface area (Å²) in [4.78, 5) is 12.5. The number of rotatable bonds is 6. The van der Waals surface area contributed by atoms with Crippen molar-refractivity contribution in [3.63, 3.8) is 0 Å². The molecule has 29 heavy (non-hydrogen) atoms. The highest BCUT2D eigenvalue weighted by atomic mass is 32.2. The molecule has 0 aromatic heterocycles. The van der Waals surface area contributed by atoms with Gasteiger partial charge in [-0.3, -0.25) is 4.79 Å². The molecular weight excluding hydrogens is 390 g/mol. The minimum Gasteiger partial charge on any atom is -0.495 e. The van der Waals surface area contributed by atoms with E-state index in [1.54, 1.807) is 24.3 Å². The van der Waals surface area contributed by atoms with E-state index in [4.69, 9.17) is 4.74 Å². The Morgan fingerprint density at radius 3 is 2.59 bits per heavy atom. The second-order valence-corrected chi connectivity index (χ2v) is 9.14. The number of amides is 1. The molecule has 1 amide bonds. The third-order valence-electron chi connectivity index (χ3n) is 5.02. The molecule has 3 rings (SSSR count). The van der Waals surface area contributed by atoms with E-state index in [-0.39, 0.29) is 6.54 Å². The maximum atomic E-state index is 13.1. The first kappa shape index (κ1) is 21.3. The SMILES string of the molecule is COc1ccccc1NC(=O)CN1CCCN(Cc2cc(C)ccc2C)S1(=O)=O. The minimum atomic E-state index is -3.72. The molecule has 1 N–H and O–H groups in total. The van der Waals surface area contributed by atoms with Gasteiger partial charge in [-0.2, -0.15) is 17.0 Å². The molecule has 0 aliphatic carbocycles. The summed E-state index contributed by atoms with van der Waals surface area (Å²) in [7, 11) is -2.20. The smallest absolute Gasteiger partial charge is 0.282 e. The molecule has 8 heteroatoms. The predicted molar refractivity (Wildman–Crippen MR) is 113 cm³/mol. The summed E-state index contributed by atoms with van der Waals surface area (Å²) in [6, 6.07) is 13.1. The lowest BCUT2D eigenvalue weighted by atomic mass is 10.1. The second kappa shape index (κ2) is 8.94. The Morgan fingerprint density at radius 1 is 1.10 bits per heavy atom. The Bertz CT molecular complexity index is 991. The van der Waals surface area contributed by atoms with Crippen LogP contribution in [0.2, 0.25) is 0 Å². The average Bonchev–Trinajstić information content (AvgIpc) is 2.68. The fraction of sp³-hybridized carbons (Fsp3) is 0.381. The van der Waals surface area contributed by atoms with Crippen LogP contribution < -0.4 is 10.1 Å². The van der Waals surface area contributed by atoms with Gasteiger partial charge in [0, 0.05) is 19.6 Å². The van der Waals surface area contributed by atoms with Crippen LogP contribution in [0.1, 0.15) is 23.1 Å². The third-order valence-corrected chi connectivity index (χ3v) is 6.95. The molecule has 1 fully saturated rings. The van der Waals surface area contributed by atoms with Gasteiger partial charge in [-0.25, -0.2) is 0 Å². The number of para-hydroxylation sites is 2. The molecule has 1 saturated heterocycles. The van der Waals surface area contributed by atoms with E-state index in [2.05, 4.69) is 5.32 Å². The molecule has 0 saturated carbocycles. The van der Waals surface area contributed by atoms with E-state index in [0.29, 0.717) is 37.5 Å². The monoisotopic (exact) mass is 417 g/mol. The van der Waals surface area contributed by atoms with Crippen molar-refractivity contribution in [1.82, 2.24) is 8.61 Å². The van der Waals surface area contributed by atoms with E-state index >= 15 is 0 Å². The number of benzene rings is 2. The lowest BCUT2D eigenvalue weighted by molar-refractivity contribution is -0.116. The van der Waals surface area contributed by atoms with E-state index in [1.165, 1.54) is 15.7 Å². The average molecular weight is 418 g/mol. The molecule has 2 aromatic carbocycles. The van der Waals surface area contributed by atoms with E-state index < -0.39 is 16.1 Å². The summed E-state index contributed by atoms with van der Waals surface area (Å²) in [5, 5.41) is 2.74. The van der Waals surface area contributed by atoms with Gasteiger partial charge in [0.15, 0.2) is 0 Å². The number of hydrogen-bond donors (Lipinski definition) is 1.